The Kier molecular flexibility index (Phi) is 9.13. The highest BCUT2D eigenvalue weighted by Gasteiger charge is 2.57. The number of nitrogens with zero attached hydrogens (tertiary/aromatic N) is 2. The van der Waals surface area contributed by atoms with Gasteiger partial charge in [-0.1, -0.05) is 40.8 Å². The third-order valence-corrected chi connectivity index (χ3v) is 10.6. The molecule has 1 fully saturated rings. The Bertz CT molecular complexity index is 1940. The van der Waals surface area contributed by atoms with Crippen molar-refractivity contribution in [2.24, 2.45) is 5.92 Å². The van der Waals surface area contributed by atoms with Crippen LogP contribution < -0.4 is 19.8 Å². The number of rotatable bonds is 9. The molecular formula is C33H28ClN3O8S2. The molecule has 14 heteroatoms. The minimum Gasteiger partial charge on any atom is -0.504 e. The van der Waals surface area contributed by atoms with Crippen molar-refractivity contribution in [1.82, 2.24) is 4.57 Å². The number of hydrogen-bond acceptors (Lipinski definition) is 10. The Morgan fingerprint density at radius 1 is 0.957 bits per heavy atom. The maximum absolute atomic E-state index is 14.1. The predicted octanol–water partition coefficient (Wildman–Crippen LogP) is 5.28. The zero-order valence-electron chi connectivity index (χ0n) is 25.1. The maximum atomic E-state index is 14.1. The molecule has 47 heavy (non-hydrogen) atoms. The number of esters is 1. The number of aromatic nitrogens is 1. The van der Waals surface area contributed by atoms with Crippen LogP contribution in [0.4, 0.5) is 11.4 Å². The lowest BCUT2D eigenvalue weighted by Gasteiger charge is -2.31. The molecule has 3 aromatic carbocycles. The summed E-state index contributed by atoms with van der Waals surface area (Å²) in [6.07, 6.45) is 0. The molecule has 6 rings (SSSR count). The van der Waals surface area contributed by atoms with Crippen LogP contribution in [0.3, 0.4) is 0 Å². The van der Waals surface area contributed by atoms with Crippen molar-refractivity contribution in [2.45, 2.75) is 36.6 Å². The number of phenols is 1. The number of nitrogens with one attached hydrogen (secondary N) is 1. The van der Waals surface area contributed by atoms with Gasteiger partial charge >= 0.3 is 10.8 Å². The molecule has 1 saturated heterocycles. The number of carbonyl (C=O) groups excluding carboxylic acids is 4. The first-order chi connectivity index (χ1) is 22.6. The molecule has 0 spiro atoms. The first kappa shape index (κ1) is 32.4. The number of phenolic OH excluding ortho intramolecular Hbond substituents is 1. The molecule has 3 heterocycles. The normalized spacial score (nSPS) is 18.4. The number of imide groups is 1. The summed E-state index contributed by atoms with van der Waals surface area (Å²) < 4.78 is 11.9. The molecule has 1 aromatic heterocycles. The fourth-order valence-electron chi connectivity index (χ4n) is 5.70. The largest absolute Gasteiger partial charge is 0.504 e. The number of amides is 3. The van der Waals surface area contributed by atoms with E-state index in [0.29, 0.717) is 37.4 Å². The fraction of sp³-hybridized carbons (Fsp3) is 0.242. The molecule has 0 unspecified atom stereocenters. The van der Waals surface area contributed by atoms with Crippen LogP contribution in [-0.4, -0.2) is 51.8 Å². The molecule has 2 N–H and O–H groups in total. The van der Waals surface area contributed by atoms with E-state index in [1.54, 1.807) is 62.4 Å². The number of benzene rings is 3. The summed E-state index contributed by atoms with van der Waals surface area (Å²) in [6, 6.07) is 17.2. The van der Waals surface area contributed by atoms with Gasteiger partial charge in [-0.25, -0.2) is 9.69 Å². The minimum absolute atomic E-state index is 0.0908. The second-order valence-electron chi connectivity index (χ2n) is 10.7. The molecule has 3 amide bonds. The monoisotopic (exact) mass is 693 g/mol. The zero-order chi connectivity index (χ0) is 33.4. The van der Waals surface area contributed by atoms with Crippen molar-refractivity contribution >= 4 is 69.8 Å². The smallest absolute Gasteiger partial charge is 0.338 e. The lowest BCUT2D eigenvalue weighted by atomic mass is 9.83. The summed E-state index contributed by atoms with van der Waals surface area (Å²) in [6.45, 7) is 3.63. The van der Waals surface area contributed by atoms with Crippen molar-refractivity contribution in [3.8, 4) is 11.5 Å². The van der Waals surface area contributed by atoms with E-state index in [2.05, 4.69) is 5.32 Å². The van der Waals surface area contributed by atoms with E-state index >= 15 is 0 Å². The molecule has 0 aliphatic carbocycles. The Morgan fingerprint density at radius 2 is 1.68 bits per heavy atom. The van der Waals surface area contributed by atoms with Gasteiger partial charge in [0.25, 0.3) is 0 Å². The van der Waals surface area contributed by atoms with E-state index in [1.165, 1.54) is 22.8 Å². The number of halogens is 1. The summed E-state index contributed by atoms with van der Waals surface area (Å²) in [4.78, 5) is 67.9. The van der Waals surface area contributed by atoms with Gasteiger partial charge in [-0.2, -0.15) is 0 Å². The molecule has 2 aliphatic rings. The third kappa shape index (κ3) is 6.13. The highest BCUT2D eigenvalue weighted by atomic mass is 35.5. The van der Waals surface area contributed by atoms with Gasteiger partial charge in [-0.05, 0) is 80.1 Å². The third-order valence-electron chi connectivity index (χ3n) is 7.76. The van der Waals surface area contributed by atoms with E-state index in [-0.39, 0.29) is 31.3 Å². The van der Waals surface area contributed by atoms with Crippen LogP contribution in [0.5, 0.6) is 11.5 Å². The molecule has 0 radical (unpaired) electrons. The van der Waals surface area contributed by atoms with Gasteiger partial charge < -0.3 is 19.9 Å². The van der Waals surface area contributed by atoms with Gasteiger partial charge in [0.2, 0.25) is 17.7 Å². The maximum Gasteiger partial charge on any atom is 0.338 e. The number of fused-ring (bicyclic) bond motifs is 2. The van der Waals surface area contributed by atoms with Crippen molar-refractivity contribution in [3.05, 3.63) is 97.4 Å². The van der Waals surface area contributed by atoms with Crippen LogP contribution in [0.25, 0.3) is 0 Å². The number of thiazole rings is 1. The molecule has 0 bridgehead atoms. The lowest BCUT2D eigenvalue weighted by molar-refractivity contribution is -0.122. The number of carbonyl (C=O) groups is 4. The van der Waals surface area contributed by atoms with Crippen molar-refractivity contribution < 1.29 is 33.8 Å². The van der Waals surface area contributed by atoms with Crippen molar-refractivity contribution in [3.63, 3.8) is 0 Å². The second kappa shape index (κ2) is 13.3. The topological polar surface area (TPSA) is 144 Å². The molecule has 2 aliphatic heterocycles. The summed E-state index contributed by atoms with van der Waals surface area (Å²) in [5.74, 6) is -3.40. The standard InChI is InChI=1S/C33H28ClN3O8S2/c1-3-44-23-15-18(7-14-22(23)38)25-26-27(30(41)37(29(26)40)21-12-8-19(34)9-13-21)46-31-28(25)47-33(43)36(31)16-24(39)35-20-10-5-17(6-11-20)32(42)45-4-2/h5-15,25-27,38H,3-4,16H2,1-2H3,(H,35,39)/t25-,26+,27-/m0/s1. The molecular weight excluding hydrogens is 666 g/mol. The van der Waals surface area contributed by atoms with Crippen molar-refractivity contribution in [2.75, 3.05) is 23.4 Å². The van der Waals surface area contributed by atoms with E-state index < -0.39 is 45.6 Å². The van der Waals surface area contributed by atoms with Crippen LogP contribution >= 0.6 is 34.7 Å². The molecule has 242 valence electrons. The number of aromatic hydroxyl groups is 1. The second-order valence-corrected chi connectivity index (χ2v) is 13.2. The van der Waals surface area contributed by atoms with Crippen molar-refractivity contribution in [1.29, 1.82) is 0 Å². The zero-order valence-corrected chi connectivity index (χ0v) is 27.5. The summed E-state index contributed by atoms with van der Waals surface area (Å²) in [7, 11) is 0. The number of hydrogen-bond donors (Lipinski definition) is 2. The number of ether oxygens (including phenoxy) is 2. The average molecular weight is 694 g/mol. The predicted molar refractivity (Wildman–Crippen MR) is 178 cm³/mol. The van der Waals surface area contributed by atoms with Gasteiger partial charge in [-0.3, -0.25) is 23.7 Å². The number of thioether (sulfide) groups is 1. The first-order valence-electron chi connectivity index (χ1n) is 14.7. The van der Waals surface area contributed by atoms with Gasteiger partial charge in [0, 0.05) is 21.5 Å². The van der Waals surface area contributed by atoms with Crippen LogP contribution in [-0.2, 0) is 25.7 Å². The average Bonchev–Trinajstić information content (AvgIpc) is 3.49. The number of anilines is 2. The Labute approximate surface area is 282 Å². The van der Waals surface area contributed by atoms with Gasteiger partial charge in [0.15, 0.2) is 11.5 Å². The SMILES string of the molecule is CCOC(=O)c1ccc(NC(=O)Cn2c3c(sc2=O)[C@@H](c2ccc(O)c(OCC)c2)[C@H]2C(=O)N(c4ccc(Cl)cc4)C(=O)[C@H]2S3)cc1. The summed E-state index contributed by atoms with van der Waals surface area (Å²) in [5, 5.41) is 13.1. The molecule has 3 atom stereocenters. The van der Waals surface area contributed by atoms with Crippen LogP contribution in [0.1, 0.15) is 40.6 Å². The highest BCUT2D eigenvalue weighted by molar-refractivity contribution is 8.00. The Balaban J connectivity index is 1.36. The van der Waals surface area contributed by atoms with Gasteiger partial charge in [0.05, 0.1) is 35.4 Å². The molecule has 0 saturated carbocycles. The summed E-state index contributed by atoms with van der Waals surface area (Å²) >= 11 is 8.06. The highest BCUT2D eigenvalue weighted by Crippen LogP contribution is 2.54. The van der Waals surface area contributed by atoms with Crippen LogP contribution in [0.15, 0.2) is 76.6 Å². The fourth-order valence-corrected chi connectivity index (χ4v) is 8.60. The molecule has 4 aromatic rings. The van der Waals surface area contributed by atoms with E-state index in [9.17, 15) is 29.1 Å². The van der Waals surface area contributed by atoms with E-state index in [4.69, 9.17) is 21.1 Å². The summed E-state index contributed by atoms with van der Waals surface area (Å²) in [5.41, 5.74) is 1.68. The van der Waals surface area contributed by atoms with E-state index in [0.717, 1.165) is 28.0 Å². The first-order valence-corrected chi connectivity index (χ1v) is 16.7. The molecule has 11 nitrogen and oxygen atoms in total. The quantitative estimate of drug-likeness (QED) is 0.177. The van der Waals surface area contributed by atoms with E-state index in [1.807, 2.05) is 0 Å². The lowest BCUT2D eigenvalue weighted by Crippen LogP contribution is -2.33. The van der Waals surface area contributed by atoms with Gasteiger partial charge in [0.1, 0.15) is 11.8 Å². The van der Waals surface area contributed by atoms with Crippen LogP contribution in [0.2, 0.25) is 5.02 Å². The Hall–Kier alpha value is -4.59. The minimum atomic E-state index is -0.904. The van der Waals surface area contributed by atoms with Gasteiger partial charge in [-0.15, -0.1) is 0 Å². The van der Waals surface area contributed by atoms with Crippen LogP contribution in [0, 0.1) is 5.92 Å². The Morgan fingerprint density at radius 3 is 2.36 bits per heavy atom.